The van der Waals surface area contributed by atoms with Crippen LogP contribution in [0.1, 0.15) is 33.6 Å². The molecule has 0 aliphatic rings. The first-order valence-corrected chi connectivity index (χ1v) is 5.08. The van der Waals surface area contributed by atoms with Gasteiger partial charge in [-0.25, -0.2) is 0 Å². The van der Waals surface area contributed by atoms with E-state index in [1.54, 1.807) is 13.8 Å². The van der Waals surface area contributed by atoms with E-state index in [4.69, 9.17) is 10.2 Å². The average molecular weight is 205 g/mol. The Morgan fingerprint density at radius 1 is 1.14 bits per heavy atom. The van der Waals surface area contributed by atoms with E-state index >= 15 is 0 Å². The molecule has 0 spiro atoms. The number of nitrogens with one attached hydrogen (secondary N) is 1. The van der Waals surface area contributed by atoms with Gasteiger partial charge >= 0.3 is 0 Å². The summed E-state index contributed by atoms with van der Waals surface area (Å²) in [6.07, 6.45) is 1.25. The molecular weight excluding hydrogens is 182 g/mol. The predicted molar refractivity (Wildman–Crippen MR) is 56.1 cm³/mol. The Morgan fingerprint density at radius 2 is 1.64 bits per heavy atom. The lowest BCUT2D eigenvalue weighted by atomic mass is 9.97. The van der Waals surface area contributed by atoms with Crippen LogP contribution in [-0.4, -0.2) is 46.2 Å². The molecule has 0 aliphatic carbocycles. The van der Waals surface area contributed by atoms with E-state index in [2.05, 4.69) is 5.32 Å². The van der Waals surface area contributed by atoms with Gasteiger partial charge in [0.05, 0.1) is 24.4 Å². The Balaban J connectivity index is 3.95. The van der Waals surface area contributed by atoms with Gasteiger partial charge in [-0.2, -0.15) is 0 Å². The van der Waals surface area contributed by atoms with Crippen molar-refractivity contribution < 1.29 is 15.3 Å². The first-order valence-electron chi connectivity index (χ1n) is 5.08. The highest BCUT2D eigenvalue weighted by Gasteiger charge is 2.26. The Morgan fingerprint density at radius 3 is 1.93 bits per heavy atom. The molecule has 0 atom stereocenters. The minimum atomic E-state index is -0.711. The summed E-state index contributed by atoms with van der Waals surface area (Å²) in [4.78, 5) is 0. The largest absolute Gasteiger partial charge is 0.394 e. The molecule has 0 aromatic heterocycles. The van der Waals surface area contributed by atoms with E-state index in [1.807, 2.05) is 6.92 Å². The van der Waals surface area contributed by atoms with Crippen molar-refractivity contribution in [3.05, 3.63) is 0 Å². The maximum atomic E-state index is 9.47. The maximum absolute atomic E-state index is 9.47. The second kappa shape index (κ2) is 5.66. The highest BCUT2D eigenvalue weighted by molar-refractivity contribution is 4.86. The molecule has 14 heavy (non-hydrogen) atoms. The number of aliphatic hydroxyl groups excluding tert-OH is 2. The number of rotatable bonds is 7. The average Bonchev–Trinajstić information content (AvgIpc) is 2.11. The molecule has 0 unspecified atom stereocenters. The Labute approximate surface area is 86.0 Å². The Hall–Kier alpha value is -0.160. The zero-order chi connectivity index (χ0) is 11.2. The Kier molecular flexibility index (Phi) is 5.59. The normalized spacial score (nSPS) is 13.3. The molecule has 0 amide bonds. The molecule has 0 saturated carbocycles. The van der Waals surface area contributed by atoms with Gasteiger partial charge in [0.15, 0.2) is 0 Å². The summed E-state index contributed by atoms with van der Waals surface area (Å²) < 4.78 is 0. The van der Waals surface area contributed by atoms with E-state index < -0.39 is 11.1 Å². The summed E-state index contributed by atoms with van der Waals surface area (Å²) >= 11 is 0. The first-order chi connectivity index (χ1) is 6.39. The SMILES string of the molecule is CCC(CO)(CO)NCCC(C)(C)O. The second-order valence-corrected chi connectivity index (χ2v) is 4.44. The second-order valence-electron chi connectivity index (χ2n) is 4.44. The molecule has 0 aromatic carbocycles. The lowest BCUT2D eigenvalue weighted by Crippen LogP contribution is -2.52. The van der Waals surface area contributed by atoms with Crippen LogP contribution in [0.5, 0.6) is 0 Å². The molecule has 0 fully saturated rings. The summed E-state index contributed by atoms with van der Waals surface area (Å²) in [5.74, 6) is 0. The zero-order valence-corrected chi connectivity index (χ0v) is 9.38. The van der Waals surface area contributed by atoms with Crippen molar-refractivity contribution in [1.82, 2.24) is 5.32 Å². The number of hydrogen-bond donors (Lipinski definition) is 4. The van der Waals surface area contributed by atoms with E-state index in [-0.39, 0.29) is 13.2 Å². The maximum Gasteiger partial charge on any atom is 0.0645 e. The third kappa shape index (κ3) is 4.91. The highest BCUT2D eigenvalue weighted by Crippen LogP contribution is 2.11. The topological polar surface area (TPSA) is 72.7 Å². The third-order valence-corrected chi connectivity index (χ3v) is 2.52. The molecular formula is C10H23NO3. The van der Waals surface area contributed by atoms with Gasteiger partial charge in [-0.1, -0.05) is 6.92 Å². The standard InChI is InChI=1S/C10H23NO3/c1-4-10(7-12,8-13)11-6-5-9(2,3)14/h11-14H,4-8H2,1-3H3. The van der Waals surface area contributed by atoms with Crippen LogP contribution in [0, 0.1) is 0 Å². The summed E-state index contributed by atoms with van der Waals surface area (Å²) in [7, 11) is 0. The molecule has 0 saturated heterocycles. The van der Waals surface area contributed by atoms with Crippen LogP contribution in [0.3, 0.4) is 0 Å². The van der Waals surface area contributed by atoms with Crippen molar-refractivity contribution in [2.75, 3.05) is 19.8 Å². The predicted octanol–water partition coefficient (Wildman–Crippen LogP) is -0.130. The molecule has 4 heteroatoms. The quantitative estimate of drug-likeness (QED) is 0.467. The van der Waals surface area contributed by atoms with Crippen LogP contribution in [0.25, 0.3) is 0 Å². The molecule has 0 radical (unpaired) electrons. The van der Waals surface area contributed by atoms with Crippen molar-refractivity contribution in [3.8, 4) is 0 Å². The van der Waals surface area contributed by atoms with Gasteiger partial charge in [0.2, 0.25) is 0 Å². The van der Waals surface area contributed by atoms with E-state index in [0.29, 0.717) is 19.4 Å². The van der Waals surface area contributed by atoms with Crippen molar-refractivity contribution >= 4 is 0 Å². The summed E-state index contributed by atoms with van der Waals surface area (Å²) in [5.41, 5.74) is -1.32. The fourth-order valence-electron chi connectivity index (χ4n) is 1.14. The van der Waals surface area contributed by atoms with Gasteiger partial charge in [0.25, 0.3) is 0 Å². The number of hydrogen-bond acceptors (Lipinski definition) is 4. The van der Waals surface area contributed by atoms with Crippen LogP contribution >= 0.6 is 0 Å². The first kappa shape index (κ1) is 13.8. The van der Waals surface area contributed by atoms with Crippen LogP contribution in [0.4, 0.5) is 0 Å². The molecule has 0 heterocycles. The van der Waals surface area contributed by atoms with Crippen LogP contribution in [0.15, 0.2) is 0 Å². The van der Waals surface area contributed by atoms with Crippen molar-refractivity contribution in [1.29, 1.82) is 0 Å². The molecule has 0 aliphatic heterocycles. The molecule has 4 nitrogen and oxygen atoms in total. The van der Waals surface area contributed by atoms with Crippen LogP contribution in [0.2, 0.25) is 0 Å². The zero-order valence-electron chi connectivity index (χ0n) is 9.38. The van der Waals surface area contributed by atoms with E-state index in [9.17, 15) is 5.11 Å². The lowest BCUT2D eigenvalue weighted by molar-refractivity contribution is 0.0536. The smallest absolute Gasteiger partial charge is 0.0645 e. The fourth-order valence-corrected chi connectivity index (χ4v) is 1.14. The minimum absolute atomic E-state index is 0.0914. The van der Waals surface area contributed by atoms with E-state index in [1.165, 1.54) is 0 Å². The molecule has 4 N–H and O–H groups in total. The van der Waals surface area contributed by atoms with Gasteiger partial charge in [-0.05, 0) is 33.2 Å². The third-order valence-electron chi connectivity index (χ3n) is 2.52. The molecule has 0 aromatic rings. The minimum Gasteiger partial charge on any atom is -0.394 e. The summed E-state index contributed by atoms with van der Waals surface area (Å²) in [6.45, 7) is 5.78. The lowest BCUT2D eigenvalue weighted by Gasteiger charge is -2.31. The van der Waals surface area contributed by atoms with Crippen LogP contribution in [-0.2, 0) is 0 Å². The fraction of sp³-hybridized carbons (Fsp3) is 1.00. The van der Waals surface area contributed by atoms with Crippen molar-refractivity contribution in [2.45, 2.75) is 44.8 Å². The molecule has 0 rings (SSSR count). The molecule has 0 bridgehead atoms. The van der Waals surface area contributed by atoms with Crippen LogP contribution < -0.4 is 5.32 Å². The highest BCUT2D eigenvalue weighted by atomic mass is 16.3. The summed E-state index contributed by atoms with van der Waals surface area (Å²) in [5, 5.41) is 30.8. The van der Waals surface area contributed by atoms with Gasteiger partial charge in [0.1, 0.15) is 0 Å². The Bertz CT molecular complexity index is 142. The van der Waals surface area contributed by atoms with Crippen molar-refractivity contribution in [3.63, 3.8) is 0 Å². The monoisotopic (exact) mass is 205 g/mol. The number of aliphatic hydroxyl groups is 3. The summed E-state index contributed by atoms with van der Waals surface area (Å²) in [6, 6.07) is 0. The van der Waals surface area contributed by atoms with Crippen molar-refractivity contribution in [2.24, 2.45) is 0 Å². The van der Waals surface area contributed by atoms with Gasteiger partial charge in [-0.3, -0.25) is 0 Å². The van der Waals surface area contributed by atoms with Gasteiger partial charge in [-0.15, -0.1) is 0 Å². The van der Waals surface area contributed by atoms with Gasteiger partial charge in [0, 0.05) is 0 Å². The van der Waals surface area contributed by atoms with E-state index in [0.717, 1.165) is 0 Å². The van der Waals surface area contributed by atoms with Gasteiger partial charge < -0.3 is 20.6 Å². The molecule has 86 valence electrons.